The summed E-state index contributed by atoms with van der Waals surface area (Å²) in [6.45, 7) is 2.00. The van der Waals surface area contributed by atoms with Gasteiger partial charge in [0.25, 0.3) is 0 Å². The maximum Gasteiger partial charge on any atom is 0.225 e. The number of ether oxygens (including phenoxy) is 2. The standard InChI is InChI=1S/C18H21FN4O3/c1-23-8-13(5-22-23)15-6-20-7-16(15)18(24)21-4-11-2-14(19)3-12-9-25-10-26-17(11)12/h2-3,5,8,15-16,20H,4,6-7,9-10H2,1H3,(H,21,24)/t15-,16+/m1/s1. The summed E-state index contributed by atoms with van der Waals surface area (Å²) in [5.41, 5.74) is 2.33. The summed E-state index contributed by atoms with van der Waals surface area (Å²) in [6, 6.07) is 2.80. The van der Waals surface area contributed by atoms with Gasteiger partial charge < -0.3 is 20.1 Å². The Kier molecular flexibility index (Phi) is 4.60. The molecular weight excluding hydrogens is 339 g/mol. The average molecular weight is 360 g/mol. The number of nitrogens with one attached hydrogen (secondary N) is 2. The van der Waals surface area contributed by atoms with Gasteiger partial charge >= 0.3 is 0 Å². The summed E-state index contributed by atoms with van der Waals surface area (Å²) < 4.78 is 26.2. The van der Waals surface area contributed by atoms with Gasteiger partial charge in [0.15, 0.2) is 6.79 Å². The van der Waals surface area contributed by atoms with E-state index in [1.165, 1.54) is 12.1 Å². The molecule has 4 rings (SSSR count). The number of hydrogen-bond donors (Lipinski definition) is 2. The normalized spacial score (nSPS) is 21.9. The van der Waals surface area contributed by atoms with Crippen LogP contribution >= 0.6 is 0 Å². The number of carbonyl (C=O) groups is 1. The molecule has 0 radical (unpaired) electrons. The summed E-state index contributed by atoms with van der Waals surface area (Å²) >= 11 is 0. The third kappa shape index (κ3) is 3.30. The number of aryl methyl sites for hydroxylation is 1. The van der Waals surface area contributed by atoms with Crippen LogP contribution in [0, 0.1) is 11.7 Å². The van der Waals surface area contributed by atoms with Crippen molar-refractivity contribution < 1.29 is 18.7 Å². The van der Waals surface area contributed by atoms with Crippen LogP contribution in [0.1, 0.15) is 22.6 Å². The molecule has 2 aliphatic rings. The number of benzene rings is 1. The molecule has 1 saturated heterocycles. The van der Waals surface area contributed by atoms with E-state index in [4.69, 9.17) is 9.47 Å². The maximum absolute atomic E-state index is 13.8. The molecule has 0 bridgehead atoms. The zero-order chi connectivity index (χ0) is 18.1. The van der Waals surface area contributed by atoms with Crippen molar-refractivity contribution in [1.82, 2.24) is 20.4 Å². The highest BCUT2D eigenvalue weighted by Gasteiger charge is 2.34. The van der Waals surface area contributed by atoms with E-state index in [9.17, 15) is 9.18 Å². The number of carbonyl (C=O) groups excluding carboxylic acids is 1. The van der Waals surface area contributed by atoms with Gasteiger partial charge in [-0.05, 0) is 17.7 Å². The van der Waals surface area contributed by atoms with Crippen LogP contribution in [0.5, 0.6) is 5.75 Å². The van der Waals surface area contributed by atoms with Crippen molar-refractivity contribution in [2.45, 2.75) is 19.1 Å². The summed E-state index contributed by atoms with van der Waals surface area (Å²) in [5, 5.41) is 10.4. The molecule has 2 aromatic rings. The second-order valence-corrected chi connectivity index (χ2v) is 6.70. The molecule has 0 aliphatic carbocycles. The molecule has 0 unspecified atom stereocenters. The minimum atomic E-state index is -0.363. The molecule has 1 aromatic carbocycles. The second-order valence-electron chi connectivity index (χ2n) is 6.70. The first-order chi connectivity index (χ1) is 12.6. The molecule has 138 valence electrons. The molecule has 2 aliphatic heterocycles. The van der Waals surface area contributed by atoms with Crippen molar-refractivity contribution in [3.8, 4) is 5.75 Å². The Balaban J connectivity index is 1.46. The van der Waals surface area contributed by atoms with Crippen LogP contribution < -0.4 is 15.4 Å². The highest BCUT2D eigenvalue weighted by atomic mass is 19.1. The highest BCUT2D eigenvalue weighted by molar-refractivity contribution is 5.80. The number of nitrogens with zero attached hydrogens (tertiary/aromatic N) is 2. The Bertz CT molecular complexity index is 823. The van der Waals surface area contributed by atoms with Gasteiger partial charge in [-0.2, -0.15) is 5.10 Å². The Morgan fingerprint density at radius 2 is 2.35 bits per heavy atom. The fourth-order valence-corrected chi connectivity index (χ4v) is 3.64. The lowest BCUT2D eigenvalue weighted by Gasteiger charge is -2.22. The predicted octanol–water partition coefficient (Wildman–Crippen LogP) is 1.05. The molecule has 0 saturated carbocycles. The highest BCUT2D eigenvalue weighted by Crippen LogP contribution is 2.30. The monoisotopic (exact) mass is 360 g/mol. The smallest absolute Gasteiger partial charge is 0.225 e. The number of halogens is 1. The first-order valence-corrected chi connectivity index (χ1v) is 8.60. The van der Waals surface area contributed by atoms with Gasteiger partial charge in [-0.25, -0.2) is 4.39 Å². The third-order valence-electron chi connectivity index (χ3n) is 4.91. The molecule has 1 aromatic heterocycles. The molecule has 7 nitrogen and oxygen atoms in total. The van der Waals surface area contributed by atoms with Gasteiger partial charge in [-0.1, -0.05) is 0 Å². The average Bonchev–Trinajstić information content (AvgIpc) is 3.28. The lowest BCUT2D eigenvalue weighted by Crippen LogP contribution is -2.34. The van der Waals surface area contributed by atoms with Crippen LogP contribution in [0.3, 0.4) is 0 Å². The van der Waals surface area contributed by atoms with Gasteiger partial charge in [0.1, 0.15) is 11.6 Å². The topological polar surface area (TPSA) is 77.4 Å². The molecule has 1 fully saturated rings. The van der Waals surface area contributed by atoms with E-state index >= 15 is 0 Å². The fraction of sp³-hybridized carbons (Fsp3) is 0.444. The van der Waals surface area contributed by atoms with E-state index in [1.54, 1.807) is 10.9 Å². The van der Waals surface area contributed by atoms with Crippen molar-refractivity contribution in [3.63, 3.8) is 0 Å². The van der Waals surface area contributed by atoms with Gasteiger partial charge in [0.05, 0.1) is 18.7 Å². The maximum atomic E-state index is 13.8. The zero-order valence-electron chi connectivity index (χ0n) is 14.5. The summed E-state index contributed by atoms with van der Waals surface area (Å²) in [7, 11) is 1.86. The molecular formula is C18H21FN4O3. The van der Waals surface area contributed by atoms with Crippen molar-refractivity contribution in [2.24, 2.45) is 13.0 Å². The van der Waals surface area contributed by atoms with E-state index in [-0.39, 0.29) is 36.9 Å². The first kappa shape index (κ1) is 17.0. The van der Waals surface area contributed by atoms with E-state index in [1.807, 2.05) is 13.2 Å². The molecule has 8 heteroatoms. The largest absolute Gasteiger partial charge is 0.467 e. The van der Waals surface area contributed by atoms with Crippen molar-refractivity contribution in [2.75, 3.05) is 19.9 Å². The van der Waals surface area contributed by atoms with E-state index in [0.29, 0.717) is 30.0 Å². The van der Waals surface area contributed by atoms with Gasteiger partial charge in [0, 0.05) is 49.9 Å². The van der Waals surface area contributed by atoms with Crippen LogP contribution in [0.4, 0.5) is 4.39 Å². The quantitative estimate of drug-likeness (QED) is 0.852. The SMILES string of the molecule is Cn1cc([C@H]2CNC[C@@H]2C(=O)NCc2cc(F)cc3c2OCOC3)cn1. The Morgan fingerprint density at radius 1 is 1.46 bits per heavy atom. The number of fused-ring (bicyclic) bond motifs is 1. The van der Waals surface area contributed by atoms with E-state index in [2.05, 4.69) is 15.7 Å². The number of rotatable bonds is 4. The van der Waals surface area contributed by atoms with Gasteiger partial charge in [-0.3, -0.25) is 9.48 Å². The summed E-state index contributed by atoms with van der Waals surface area (Å²) in [4.78, 5) is 12.7. The molecule has 1 amide bonds. The number of aromatic nitrogens is 2. The van der Waals surface area contributed by atoms with Crippen LogP contribution in [-0.4, -0.2) is 35.6 Å². The number of amides is 1. The molecule has 2 atom stereocenters. The Labute approximate surface area is 150 Å². The summed E-state index contributed by atoms with van der Waals surface area (Å²) in [6.07, 6.45) is 3.74. The van der Waals surface area contributed by atoms with Crippen molar-refractivity contribution >= 4 is 5.91 Å². The van der Waals surface area contributed by atoms with Gasteiger partial charge in [0.2, 0.25) is 5.91 Å². The Hall–Kier alpha value is -2.45. The molecule has 0 spiro atoms. The van der Waals surface area contributed by atoms with Crippen LogP contribution in [-0.2, 0) is 29.7 Å². The van der Waals surface area contributed by atoms with E-state index in [0.717, 1.165) is 12.1 Å². The minimum absolute atomic E-state index is 0.0612. The first-order valence-electron chi connectivity index (χ1n) is 8.60. The van der Waals surface area contributed by atoms with Crippen molar-refractivity contribution in [3.05, 3.63) is 47.0 Å². The zero-order valence-corrected chi connectivity index (χ0v) is 14.5. The predicted molar refractivity (Wildman–Crippen MR) is 90.8 cm³/mol. The molecule has 3 heterocycles. The van der Waals surface area contributed by atoms with Crippen LogP contribution in [0.15, 0.2) is 24.5 Å². The Morgan fingerprint density at radius 3 is 3.15 bits per heavy atom. The van der Waals surface area contributed by atoms with Gasteiger partial charge in [-0.15, -0.1) is 0 Å². The molecule has 2 N–H and O–H groups in total. The second kappa shape index (κ2) is 7.05. The third-order valence-corrected chi connectivity index (χ3v) is 4.91. The fourth-order valence-electron chi connectivity index (χ4n) is 3.64. The van der Waals surface area contributed by atoms with Crippen molar-refractivity contribution in [1.29, 1.82) is 0 Å². The lowest BCUT2D eigenvalue weighted by molar-refractivity contribution is -0.125. The van der Waals surface area contributed by atoms with E-state index < -0.39 is 0 Å². The van der Waals surface area contributed by atoms with Crippen LogP contribution in [0.25, 0.3) is 0 Å². The number of hydrogen-bond acceptors (Lipinski definition) is 5. The minimum Gasteiger partial charge on any atom is -0.467 e. The lowest BCUT2D eigenvalue weighted by atomic mass is 9.90. The van der Waals surface area contributed by atoms with Crippen LogP contribution in [0.2, 0.25) is 0 Å². The summed E-state index contributed by atoms with van der Waals surface area (Å²) in [5.74, 6) is 0.0701. The molecule has 26 heavy (non-hydrogen) atoms.